The molecule has 7 rings (SSSR count). The van der Waals surface area contributed by atoms with Crippen LogP contribution in [0.3, 0.4) is 0 Å². The Hall–Kier alpha value is -2.89. The summed E-state index contributed by atoms with van der Waals surface area (Å²) in [4.78, 5) is 32.6. The van der Waals surface area contributed by atoms with Crippen LogP contribution in [0.5, 0.6) is 0 Å². The van der Waals surface area contributed by atoms with Crippen molar-refractivity contribution in [1.29, 1.82) is 0 Å². The highest BCUT2D eigenvalue weighted by atomic mass is 16.2. The number of carbonyl (C=O) groups excluding carboxylic acids is 2. The van der Waals surface area contributed by atoms with Crippen LogP contribution in [-0.2, 0) is 4.79 Å². The summed E-state index contributed by atoms with van der Waals surface area (Å²) in [5, 5.41) is 6.98. The molecule has 2 aromatic rings. The molecule has 3 aliphatic carbocycles. The average Bonchev–Trinajstić information content (AvgIpc) is 2.84. The molecule has 2 amide bonds. The summed E-state index contributed by atoms with van der Waals surface area (Å²) in [6, 6.07) is 11.9. The second-order valence-corrected chi connectivity index (χ2v) is 10.1. The lowest BCUT2D eigenvalue weighted by Crippen LogP contribution is -2.68. The number of rotatable bonds is 2. The molecule has 2 bridgehead atoms. The largest absolute Gasteiger partial charge is 0.362 e. The number of para-hydroxylation sites is 1. The second-order valence-electron chi connectivity index (χ2n) is 10.1. The van der Waals surface area contributed by atoms with E-state index in [0.29, 0.717) is 23.3 Å². The topological polar surface area (TPSA) is 74.3 Å². The molecule has 6 heteroatoms. The molecule has 3 heterocycles. The lowest BCUT2D eigenvalue weighted by molar-refractivity contribution is -0.144. The van der Waals surface area contributed by atoms with Gasteiger partial charge >= 0.3 is 0 Å². The van der Waals surface area contributed by atoms with Gasteiger partial charge in [-0.05, 0) is 80.2 Å². The number of fused-ring (bicyclic) bond motifs is 3. The molecule has 32 heavy (non-hydrogen) atoms. The molecular formula is C26H30N4O2. The average molecular weight is 431 g/mol. The Labute approximate surface area is 188 Å². The minimum atomic E-state index is -0.403. The summed E-state index contributed by atoms with van der Waals surface area (Å²) in [7, 11) is 0. The second kappa shape index (κ2) is 7.61. The Morgan fingerprint density at radius 3 is 2.53 bits per heavy atom. The quantitative estimate of drug-likeness (QED) is 0.761. The molecule has 2 aliphatic heterocycles. The fraction of sp³-hybridized carbons (Fsp3) is 0.500. The first-order valence-electron chi connectivity index (χ1n) is 12.0. The molecule has 4 atom stereocenters. The highest BCUT2D eigenvalue weighted by Crippen LogP contribution is 2.52. The van der Waals surface area contributed by atoms with E-state index in [9.17, 15) is 9.59 Å². The number of hydrogen-bond donors (Lipinski definition) is 2. The summed E-state index contributed by atoms with van der Waals surface area (Å²) in [6.07, 6.45) is 9.61. The number of nitrogens with zero attached hydrogens (tertiary/aromatic N) is 2. The smallest absolute Gasteiger partial charge is 0.255 e. The van der Waals surface area contributed by atoms with Gasteiger partial charge in [-0.2, -0.15) is 0 Å². The molecule has 0 radical (unpaired) electrons. The predicted octanol–water partition coefficient (Wildman–Crippen LogP) is 3.78. The van der Waals surface area contributed by atoms with Crippen LogP contribution in [0.1, 0.15) is 60.4 Å². The molecule has 3 saturated carbocycles. The van der Waals surface area contributed by atoms with Crippen LogP contribution in [0.15, 0.2) is 48.8 Å². The molecule has 1 aromatic carbocycles. The zero-order chi connectivity index (χ0) is 21.7. The highest BCUT2D eigenvalue weighted by Gasteiger charge is 2.55. The number of carbonyl (C=O) groups is 2. The maximum absolute atomic E-state index is 13.5. The number of benzene rings is 1. The number of amides is 2. The van der Waals surface area contributed by atoms with E-state index in [1.165, 1.54) is 5.56 Å². The van der Waals surface area contributed by atoms with E-state index in [0.717, 1.165) is 57.3 Å². The Morgan fingerprint density at radius 1 is 1.00 bits per heavy atom. The van der Waals surface area contributed by atoms with E-state index in [1.807, 2.05) is 36.7 Å². The summed E-state index contributed by atoms with van der Waals surface area (Å²) in [5.41, 5.74) is 2.57. The van der Waals surface area contributed by atoms with Crippen molar-refractivity contribution in [2.45, 2.75) is 50.1 Å². The SMILES string of the molecule is O=C1N[C@@]2(C[C@H]3CC[C@H]2C[C@@H]3C(=O)N2CCC(c3ccncc3)CC2)Nc2ccccc21. The number of nitrogens with one attached hydrogen (secondary N) is 2. The standard InChI is InChI=1S/C26H30N4O2/c31-24-21-3-1-2-4-23(21)28-26(29-24)16-19-5-6-20(26)15-22(19)25(32)30-13-9-18(10-14-30)17-7-11-27-12-8-17/h1-4,7-8,11-12,18-20,22,28H,5-6,9-10,13-16H2,(H,29,31)/t19-,20+,22+,26-/m1/s1. The van der Waals surface area contributed by atoms with Crippen molar-refractivity contribution < 1.29 is 9.59 Å². The molecular weight excluding hydrogens is 400 g/mol. The Kier molecular flexibility index (Phi) is 4.70. The number of likely N-dealkylation sites (tertiary alicyclic amines) is 1. The Morgan fingerprint density at radius 2 is 1.78 bits per heavy atom. The number of piperidine rings is 1. The van der Waals surface area contributed by atoms with Crippen molar-refractivity contribution in [2.24, 2.45) is 17.8 Å². The van der Waals surface area contributed by atoms with Gasteiger partial charge < -0.3 is 15.5 Å². The minimum Gasteiger partial charge on any atom is -0.362 e. The summed E-state index contributed by atoms with van der Waals surface area (Å²) in [5.74, 6) is 1.57. The fourth-order valence-corrected chi connectivity index (χ4v) is 6.75. The van der Waals surface area contributed by atoms with Crippen LogP contribution in [-0.4, -0.2) is 40.5 Å². The van der Waals surface area contributed by atoms with Gasteiger partial charge in [0.05, 0.1) is 5.56 Å². The molecule has 5 aliphatic rings. The molecule has 2 N–H and O–H groups in total. The molecule has 166 valence electrons. The molecule has 6 nitrogen and oxygen atoms in total. The van der Waals surface area contributed by atoms with Crippen molar-refractivity contribution in [2.75, 3.05) is 18.4 Å². The number of hydrogen-bond acceptors (Lipinski definition) is 4. The van der Waals surface area contributed by atoms with E-state index < -0.39 is 5.66 Å². The first-order valence-corrected chi connectivity index (χ1v) is 12.0. The van der Waals surface area contributed by atoms with Crippen molar-refractivity contribution in [3.63, 3.8) is 0 Å². The van der Waals surface area contributed by atoms with Gasteiger partial charge in [0.25, 0.3) is 5.91 Å². The Bertz CT molecular complexity index is 1030. The lowest BCUT2D eigenvalue weighted by Gasteiger charge is -2.57. The number of pyridine rings is 1. The number of aromatic nitrogens is 1. The third kappa shape index (κ3) is 3.19. The van der Waals surface area contributed by atoms with Crippen LogP contribution in [0.4, 0.5) is 5.69 Å². The van der Waals surface area contributed by atoms with E-state index in [-0.39, 0.29) is 17.7 Å². The summed E-state index contributed by atoms with van der Waals surface area (Å²) >= 11 is 0. The first-order chi connectivity index (χ1) is 15.6. The maximum Gasteiger partial charge on any atom is 0.255 e. The van der Waals surface area contributed by atoms with Crippen LogP contribution in [0.25, 0.3) is 0 Å². The molecule has 0 unspecified atom stereocenters. The van der Waals surface area contributed by atoms with Crippen LogP contribution in [0.2, 0.25) is 0 Å². The monoisotopic (exact) mass is 430 g/mol. The zero-order valence-corrected chi connectivity index (χ0v) is 18.3. The first kappa shape index (κ1) is 19.8. The van der Waals surface area contributed by atoms with Gasteiger partial charge in [0.1, 0.15) is 5.66 Å². The molecule has 4 fully saturated rings. The van der Waals surface area contributed by atoms with Gasteiger partial charge in [-0.1, -0.05) is 12.1 Å². The summed E-state index contributed by atoms with van der Waals surface area (Å²) in [6.45, 7) is 1.68. The molecule has 1 spiro atoms. The van der Waals surface area contributed by atoms with Gasteiger partial charge in [-0.25, -0.2) is 0 Å². The molecule has 1 saturated heterocycles. The van der Waals surface area contributed by atoms with E-state index in [2.05, 4.69) is 32.7 Å². The van der Waals surface area contributed by atoms with Gasteiger partial charge in [0, 0.05) is 43.0 Å². The van der Waals surface area contributed by atoms with Gasteiger partial charge in [-0.15, -0.1) is 0 Å². The van der Waals surface area contributed by atoms with Crippen molar-refractivity contribution in [3.05, 3.63) is 59.9 Å². The van der Waals surface area contributed by atoms with Gasteiger partial charge in [-0.3, -0.25) is 14.6 Å². The fourth-order valence-electron chi connectivity index (χ4n) is 6.75. The molecule has 1 aromatic heterocycles. The predicted molar refractivity (Wildman–Crippen MR) is 122 cm³/mol. The van der Waals surface area contributed by atoms with E-state index in [1.54, 1.807) is 0 Å². The lowest BCUT2D eigenvalue weighted by atomic mass is 9.58. The summed E-state index contributed by atoms with van der Waals surface area (Å²) < 4.78 is 0. The maximum atomic E-state index is 13.5. The van der Waals surface area contributed by atoms with E-state index >= 15 is 0 Å². The van der Waals surface area contributed by atoms with Gasteiger partial charge in [0.2, 0.25) is 5.91 Å². The third-order valence-electron chi connectivity index (χ3n) is 8.44. The number of anilines is 1. The van der Waals surface area contributed by atoms with Crippen LogP contribution < -0.4 is 10.6 Å². The Balaban J connectivity index is 1.14. The highest BCUT2D eigenvalue weighted by molar-refractivity contribution is 6.02. The van der Waals surface area contributed by atoms with Crippen molar-refractivity contribution in [3.8, 4) is 0 Å². The van der Waals surface area contributed by atoms with Crippen LogP contribution in [0, 0.1) is 17.8 Å². The van der Waals surface area contributed by atoms with Crippen molar-refractivity contribution in [1.82, 2.24) is 15.2 Å². The normalized spacial score (nSPS) is 31.7. The van der Waals surface area contributed by atoms with Gasteiger partial charge in [0.15, 0.2) is 0 Å². The third-order valence-corrected chi connectivity index (χ3v) is 8.44. The van der Waals surface area contributed by atoms with Crippen LogP contribution >= 0.6 is 0 Å². The zero-order valence-electron chi connectivity index (χ0n) is 18.3. The minimum absolute atomic E-state index is 0.00737. The van der Waals surface area contributed by atoms with Crippen molar-refractivity contribution >= 4 is 17.5 Å². The van der Waals surface area contributed by atoms with E-state index in [4.69, 9.17) is 0 Å².